The van der Waals surface area contributed by atoms with E-state index in [2.05, 4.69) is 46.3 Å². The molecule has 0 aromatic carbocycles. The Morgan fingerprint density at radius 1 is 1.35 bits per heavy atom. The molecule has 3 nitrogen and oxygen atoms in total. The van der Waals surface area contributed by atoms with Crippen LogP contribution < -0.4 is 5.32 Å². The Morgan fingerprint density at radius 3 is 2.88 bits per heavy atom. The summed E-state index contributed by atoms with van der Waals surface area (Å²) in [6.45, 7) is 3.03. The molecule has 0 aliphatic heterocycles. The Bertz CT molecular complexity index is 444. The van der Waals surface area contributed by atoms with Gasteiger partial charge in [0.15, 0.2) is 0 Å². The van der Waals surface area contributed by atoms with E-state index in [0.29, 0.717) is 6.04 Å². The molecule has 17 heavy (non-hydrogen) atoms. The normalized spacial score (nSPS) is 12.6. The van der Waals surface area contributed by atoms with Crippen LogP contribution in [0.15, 0.2) is 42.9 Å². The highest BCUT2D eigenvalue weighted by Crippen LogP contribution is 2.16. The summed E-state index contributed by atoms with van der Waals surface area (Å²) in [5, 5.41) is 3.32. The fraction of sp³-hybridized carbons (Fsp3) is 0.357. The molecule has 0 radical (unpaired) electrons. The molecule has 0 aliphatic rings. The minimum atomic E-state index is 0.444. The Kier molecular flexibility index (Phi) is 3.94. The van der Waals surface area contributed by atoms with Gasteiger partial charge in [0, 0.05) is 24.6 Å². The molecule has 0 aliphatic carbocycles. The van der Waals surface area contributed by atoms with E-state index >= 15 is 0 Å². The molecule has 2 aromatic rings. The van der Waals surface area contributed by atoms with E-state index in [0.717, 1.165) is 18.7 Å². The summed E-state index contributed by atoms with van der Waals surface area (Å²) in [5.41, 5.74) is 2.43. The minimum absolute atomic E-state index is 0.444. The number of nitrogens with one attached hydrogen (secondary N) is 1. The fourth-order valence-corrected chi connectivity index (χ4v) is 2.05. The van der Waals surface area contributed by atoms with Crippen LogP contribution in [0, 0.1) is 0 Å². The monoisotopic (exact) mass is 229 g/mol. The molecule has 2 aromatic heterocycles. The van der Waals surface area contributed by atoms with Crippen molar-refractivity contribution < 1.29 is 0 Å². The zero-order valence-electron chi connectivity index (χ0n) is 10.4. The molecule has 0 saturated heterocycles. The first kappa shape index (κ1) is 11.9. The number of hydrogen-bond donors (Lipinski definition) is 1. The molecule has 2 heterocycles. The standard InChI is InChI=1S/C14H19N3/c1-3-14(15-2)12-7-9-17(10-12)11-13-6-4-5-8-16-13/h4-10,14-15H,3,11H2,1-2H3. The average Bonchev–Trinajstić information content (AvgIpc) is 2.81. The third-order valence-electron chi connectivity index (χ3n) is 3.00. The molecular formula is C14H19N3. The molecular weight excluding hydrogens is 210 g/mol. The van der Waals surface area contributed by atoms with Crippen molar-refractivity contribution in [2.75, 3.05) is 7.05 Å². The summed E-state index contributed by atoms with van der Waals surface area (Å²) in [4.78, 5) is 4.33. The second kappa shape index (κ2) is 5.64. The van der Waals surface area contributed by atoms with Crippen LogP contribution in [0.25, 0.3) is 0 Å². The minimum Gasteiger partial charge on any atom is -0.348 e. The van der Waals surface area contributed by atoms with Crippen LogP contribution in [0.2, 0.25) is 0 Å². The van der Waals surface area contributed by atoms with Crippen molar-refractivity contribution in [1.29, 1.82) is 0 Å². The maximum absolute atomic E-state index is 4.33. The van der Waals surface area contributed by atoms with Crippen LogP contribution in [0.3, 0.4) is 0 Å². The summed E-state index contributed by atoms with van der Waals surface area (Å²) >= 11 is 0. The van der Waals surface area contributed by atoms with Crippen LogP contribution >= 0.6 is 0 Å². The fourth-order valence-electron chi connectivity index (χ4n) is 2.05. The Labute approximate surface area is 103 Å². The van der Waals surface area contributed by atoms with Gasteiger partial charge in [-0.25, -0.2) is 0 Å². The lowest BCUT2D eigenvalue weighted by Gasteiger charge is -2.11. The van der Waals surface area contributed by atoms with Crippen molar-refractivity contribution in [3.63, 3.8) is 0 Å². The van der Waals surface area contributed by atoms with Crippen molar-refractivity contribution in [2.45, 2.75) is 25.9 Å². The van der Waals surface area contributed by atoms with Crippen LogP contribution in [-0.4, -0.2) is 16.6 Å². The SMILES string of the molecule is CCC(NC)c1ccn(Cc2ccccn2)c1. The molecule has 1 unspecified atom stereocenters. The first-order valence-electron chi connectivity index (χ1n) is 6.06. The number of pyridine rings is 1. The second-order valence-corrected chi connectivity index (χ2v) is 4.19. The van der Waals surface area contributed by atoms with E-state index in [9.17, 15) is 0 Å². The Balaban J connectivity index is 2.08. The highest BCUT2D eigenvalue weighted by Gasteiger charge is 2.07. The lowest BCUT2D eigenvalue weighted by atomic mass is 10.1. The highest BCUT2D eigenvalue weighted by molar-refractivity contribution is 5.16. The van der Waals surface area contributed by atoms with Gasteiger partial charge in [-0.3, -0.25) is 4.98 Å². The number of rotatable bonds is 5. The lowest BCUT2D eigenvalue weighted by Crippen LogP contribution is -2.14. The topological polar surface area (TPSA) is 29.9 Å². The molecule has 0 amide bonds. The summed E-state index contributed by atoms with van der Waals surface area (Å²) in [6.07, 6.45) is 7.25. The van der Waals surface area contributed by atoms with E-state index in [-0.39, 0.29) is 0 Å². The van der Waals surface area contributed by atoms with Crippen molar-refractivity contribution in [1.82, 2.24) is 14.9 Å². The zero-order valence-corrected chi connectivity index (χ0v) is 10.4. The third kappa shape index (κ3) is 2.94. The summed E-state index contributed by atoms with van der Waals surface area (Å²) in [7, 11) is 2.00. The van der Waals surface area contributed by atoms with Gasteiger partial charge in [0.1, 0.15) is 0 Å². The summed E-state index contributed by atoms with van der Waals surface area (Å²) in [6, 6.07) is 8.64. The van der Waals surface area contributed by atoms with Gasteiger partial charge in [-0.2, -0.15) is 0 Å². The molecule has 0 spiro atoms. The predicted molar refractivity (Wildman–Crippen MR) is 69.9 cm³/mol. The van der Waals surface area contributed by atoms with Crippen molar-refractivity contribution >= 4 is 0 Å². The van der Waals surface area contributed by atoms with Gasteiger partial charge in [-0.05, 0) is 37.2 Å². The number of nitrogens with zero attached hydrogens (tertiary/aromatic N) is 2. The molecule has 2 rings (SSSR count). The van der Waals surface area contributed by atoms with Crippen molar-refractivity contribution in [2.24, 2.45) is 0 Å². The smallest absolute Gasteiger partial charge is 0.0642 e. The van der Waals surface area contributed by atoms with Gasteiger partial charge < -0.3 is 9.88 Å². The second-order valence-electron chi connectivity index (χ2n) is 4.19. The van der Waals surface area contributed by atoms with Crippen LogP contribution in [0.1, 0.15) is 30.6 Å². The Hall–Kier alpha value is -1.61. The Morgan fingerprint density at radius 2 is 2.24 bits per heavy atom. The van der Waals surface area contributed by atoms with E-state index in [1.165, 1.54) is 5.56 Å². The third-order valence-corrected chi connectivity index (χ3v) is 3.00. The van der Waals surface area contributed by atoms with Crippen molar-refractivity contribution in [3.8, 4) is 0 Å². The summed E-state index contributed by atoms with van der Waals surface area (Å²) < 4.78 is 2.18. The van der Waals surface area contributed by atoms with E-state index < -0.39 is 0 Å². The average molecular weight is 229 g/mol. The maximum atomic E-state index is 4.33. The predicted octanol–water partition coefficient (Wildman–Crippen LogP) is 2.60. The van der Waals surface area contributed by atoms with Crippen molar-refractivity contribution in [3.05, 3.63) is 54.1 Å². The first-order valence-corrected chi connectivity index (χ1v) is 6.06. The van der Waals surface area contributed by atoms with Gasteiger partial charge in [-0.15, -0.1) is 0 Å². The number of aromatic nitrogens is 2. The first-order chi connectivity index (χ1) is 8.33. The molecule has 90 valence electrons. The van der Waals surface area contributed by atoms with Gasteiger partial charge >= 0.3 is 0 Å². The van der Waals surface area contributed by atoms with E-state index in [1.807, 2.05) is 25.4 Å². The van der Waals surface area contributed by atoms with Crippen LogP contribution in [-0.2, 0) is 6.54 Å². The van der Waals surface area contributed by atoms with E-state index in [4.69, 9.17) is 0 Å². The van der Waals surface area contributed by atoms with E-state index in [1.54, 1.807) is 0 Å². The lowest BCUT2D eigenvalue weighted by molar-refractivity contribution is 0.575. The van der Waals surface area contributed by atoms with Crippen LogP contribution in [0.4, 0.5) is 0 Å². The highest BCUT2D eigenvalue weighted by atomic mass is 15.0. The summed E-state index contributed by atoms with van der Waals surface area (Å²) in [5.74, 6) is 0. The van der Waals surface area contributed by atoms with Crippen LogP contribution in [0.5, 0.6) is 0 Å². The van der Waals surface area contributed by atoms with Gasteiger partial charge in [0.2, 0.25) is 0 Å². The largest absolute Gasteiger partial charge is 0.348 e. The molecule has 0 fully saturated rings. The molecule has 1 N–H and O–H groups in total. The molecule has 0 saturated carbocycles. The molecule has 3 heteroatoms. The van der Waals surface area contributed by atoms with Gasteiger partial charge in [-0.1, -0.05) is 13.0 Å². The quantitative estimate of drug-likeness (QED) is 0.854. The molecule has 1 atom stereocenters. The molecule has 0 bridgehead atoms. The maximum Gasteiger partial charge on any atom is 0.0642 e. The van der Waals surface area contributed by atoms with Gasteiger partial charge in [0.05, 0.1) is 12.2 Å². The zero-order chi connectivity index (χ0) is 12.1. The van der Waals surface area contributed by atoms with Gasteiger partial charge in [0.25, 0.3) is 0 Å². The number of hydrogen-bond acceptors (Lipinski definition) is 2.